The van der Waals surface area contributed by atoms with Crippen molar-refractivity contribution in [3.05, 3.63) is 54.6 Å². The van der Waals surface area contributed by atoms with Gasteiger partial charge in [-0.15, -0.1) is 0 Å². The summed E-state index contributed by atoms with van der Waals surface area (Å²) in [6, 6.07) is 18.4. The number of hydrogen-bond acceptors (Lipinski definition) is 2. The average Bonchev–Trinajstić information content (AvgIpc) is 2.41. The maximum atomic E-state index is 11.2. The van der Waals surface area contributed by atoms with E-state index in [2.05, 4.69) is 11.4 Å². The van der Waals surface area contributed by atoms with Crippen molar-refractivity contribution in [2.45, 2.75) is 6.92 Å². The first kappa shape index (κ1) is 12.2. The van der Waals surface area contributed by atoms with E-state index in [1.165, 1.54) is 0 Å². The van der Waals surface area contributed by atoms with E-state index in [1.54, 1.807) is 6.92 Å². The van der Waals surface area contributed by atoms with Crippen LogP contribution in [-0.4, -0.2) is 12.7 Å². The Balaban J connectivity index is 2.09. The first-order valence-electron chi connectivity index (χ1n) is 5.80. The molecule has 0 heterocycles. The van der Waals surface area contributed by atoms with Crippen LogP contribution in [0.1, 0.15) is 6.92 Å². The van der Waals surface area contributed by atoms with Crippen molar-refractivity contribution in [1.29, 1.82) is 0 Å². The van der Waals surface area contributed by atoms with Gasteiger partial charge in [0.25, 0.3) is 0 Å². The van der Waals surface area contributed by atoms with Gasteiger partial charge in [-0.25, -0.2) is 4.79 Å². The van der Waals surface area contributed by atoms with E-state index < -0.39 is 6.09 Å². The van der Waals surface area contributed by atoms with Gasteiger partial charge in [0.15, 0.2) is 0 Å². The molecule has 2 rings (SSSR count). The van der Waals surface area contributed by atoms with Gasteiger partial charge in [0, 0.05) is 5.69 Å². The largest absolute Gasteiger partial charge is 0.450 e. The number of carbonyl (C=O) groups excluding carboxylic acids is 1. The molecule has 0 saturated heterocycles. The zero-order chi connectivity index (χ0) is 12.8. The van der Waals surface area contributed by atoms with E-state index in [0.717, 1.165) is 16.8 Å². The summed E-state index contributed by atoms with van der Waals surface area (Å²) in [4.78, 5) is 11.2. The van der Waals surface area contributed by atoms with Gasteiger partial charge < -0.3 is 4.74 Å². The van der Waals surface area contributed by atoms with Gasteiger partial charge >= 0.3 is 6.09 Å². The van der Waals surface area contributed by atoms with Crippen molar-refractivity contribution in [2.24, 2.45) is 0 Å². The van der Waals surface area contributed by atoms with Crippen LogP contribution in [0.5, 0.6) is 0 Å². The average molecular weight is 240 g/mol. The fourth-order valence-electron chi connectivity index (χ4n) is 1.60. The first-order chi connectivity index (χ1) is 8.79. The number of nitrogens with one attached hydrogen (secondary N) is 1. The number of rotatable bonds is 3. The molecule has 3 heteroatoms. The Labute approximate surface area is 106 Å². The number of benzene rings is 2. The maximum absolute atomic E-state index is 11.2. The van der Waals surface area contributed by atoms with Crippen molar-refractivity contribution in [1.82, 2.24) is 0 Å². The fourth-order valence-corrected chi connectivity index (χ4v) is 1.60. The van der Waals surface area contributed by atoms with Gasteiger partial charge in [-0.3, -0.25) is 5.32 Å². The van der Waals surface area contributed by atoms with Crippen molar-refractivity contribution in [3.8, 4) is 11.1 Å². The molecular formula is C15H14NO2. The number of carbonyl (C=O) groups is 1. The fraction of sp³-hybridized carbons (Fsp3) is 0.133. The molecule has 2 aromatic carbocycles. The van der Waals surface area contributed by atoms with Gasteiger partial charge in [0.05, 0.1) is 6.61 Å². The third-order valence-electron chi connectivity index (χ3n) is 2.45. The minimum absolute atomic E-state index is 0.365. The number of anilines is 1. The summed E-state index contributed by atoms with van der Waals surface area (Å²) in [7, 11) is 0. The van der Waals surface area contributed by atoms with Crippen LogP contribution >= 0.6 is 0 Å². The lowest BCUT2D eigenvalue weighted by molar-refractivity contribution is 0.168. The van der Waals surface area contributed by atoms with E-state index in [1.807, 2.05) is 48.5 Å². The maximum Gasteiger partial charge on any atom is 0.411 e. The summed E-state index contributed by atoms with van der Waals surface area (Å²) < 4.78 is 4.81. The van der Waals surface area contributed by atoms with Crippen molar-refractivity contribution >= 4 is 11.8 Å². The Bertz CT molecular complexity index is 506. The lowest BCUT2D eigenvalue weighted by Crippen LogP contribution is -2.12. The zero-order valence-electron chi connectivity index (χ0n) is 10.1. The zero-order valence-corrected chi connectivity index (χ0v) is 10.1. The Morgan fingerprint density at radius 1 is 1.22 bits per heavy atom. The number of hydrogen-bond donors (Lipinski definition) is 1. The SMILES string of the molecule is CCOC(=O)Nc1ccc(-c2c[c]ccc2)cc1. The van der Waals surface area contributed by atoms with Crippen LogP contribution in [0.3, 0.4) is 0 Å². The molecule has 0 aliphatic carbocycles. The summed E-state index contributed by atoms with van der Waals surface area (Å²) in [5.74, 6) is 0. The summed E-state index contributed by atoms with van der Waals surface area (Å²) in [6.45, 7) is 2.14. The van der Waals surface area contributed by atoms with Crippen LogP contribution in [0, 0.1) is 6.07 Å². The highest BCUT2D eigenvalue weighted by molar-refractivity contribution is 5.85. The van der Waals surface area contributed by atoms with E-state index in [9.17, 15) is 4.79 Å². The highest BCUT2D eigenvalue weighted by Gasteiger charge is 2.02. The lowest BCUT2D eigenvalue weighted by Gasteiger charge is -2.06. The molecule has 1 N–H and O–H groups in total. The molecule has 1 amide bonds. The quantitative estimate of drug-likeness (QED) is 0.887. The molecule has 0 bridgehead atoms. The van der Waals surface area contributed by atoms with Crippen LogP contribution in [-0.2, 0) is 4.74 Å². The molecule has 0 unspecified atom stereocenters. The molecule has 0 atom stereocenters. The number of ether oxygens (including phenoxy) is 1. The van der Waals surface area contributed by atoms with Gasteiger partial charge in [-0.2, -0.15) is 0 Å². The molecule has 0 aromatic heterocycles. The molecule has 0 spiro atoms. The summed E-state index contributed by atoms with van der Waals surface area (Å²) in [5, 5.41) is 2.65. The monoisotopic (exact) mass is 240 g/mol. The normalized spacial score (nSPS) is 9.83. The van der Waals surface area contributed by atoms with Crippen molar-refractivity contribution < 1.29 is 9.53 Å². The summed E-state index contributed by atoms with van der Waals surface area (Å²) in [6.07, 6.45) is -0.432. The first-order valence-corrected chi connectivity index (χ1v) is 5.80. The van der Waals surface area contributed by atoms with E-state index >= 15 is 0 Å². The Morgan fingerprint density at radius 2 is 2.00 bits per heavy atom. The second-order valence-corrected chi connectivity index (χ2v) is 3.71. The molecular weight excluding hydrogens is 226 g/mol. The molecule has 1 radical (unpaired) electrons. The molecule has 0 aliphatic heterocycles. The van der Waals surface area contributed by atoms with Crippen molar-refractivity contribution in [3.63, 3.8) is 0 Å². The topological polar surface area (TPSA) is 38.3 Å². The third-order valence-corrected chi connectivity index (χ3v) is 2.45. The second-order valence-electron chi connectivity index (χ2n) is 3.71. The minimum Gasteiger partial charge on any atom is -0.450 e. The Morgan fingerprint density at radius 3 is 2.61 bits per heavy atom. The van der Waals surface area contributed by atoms with Crippen LogP contribution in [0.2, 0.25) is 0 Å². The Hall–Kier alpha value is -2.29. The van der Waals surface area contributed by atoms with Crippen LogP contribution in [0.4, 0.5) is 10.5 Å². The van der Waals surface area contributed by atoms with E-state index in [4.69, 9.17) is 4.74 Å². The molecule has 91 valence electrons. The molecule has 0 fully saturated rings. The van der Waals surface area contributed by atoms with Gasteiger partial charge in [0.1, 0.15) is 0 Å². The van der Waals surface area contributed by atoms with Crippen LogP contribution in [0.25, 0.3) is 11.1 Å². The number of amides is 1. The highest BCUT2D eigenvalue weighted by Crippen LogP contribution is 2.20. The highest BCUT2D eigenvalue weighted by atomic mass is 16.5. The third kappa shape index (κ3) is 3.10. The second kappa shape index (κ2) is 5.87. The van der Waals surface area contributed by atoms with Crippen LogP contribution < -0.4 is 5.32 Å². The Kier molecular flexibility index (Phi) is 3.97. The molecule has 0 saturated carbocycles. The molecule has 18 heavy (non-hydrogen) atoms. The molecule has 2 aromatic rings. The standard InChI is InChI=1S/C15H14NO2/c1-2-18-15(17)16-14-10-8-13(9-11-14)12-6-4-3-5-7-12/h3-4,6-11H,2H2,1H3,(H,16,17). The predicted octanol–water partition coefficient (Wildman–Crippen LogP) is 3.72. The van der Waals surface area contributed by atoms with Crippen molar-refractivity contribution in [2.75, 3.05) is 11.9 Å². The lowest BCUT2D eigenvalue weighted by atomic mass is 10.1. The van der Waals surface area contributed by atoms with Gasteiger partial charge in [-0.05, 0) is 42.3 Å². The smallest absolute Gasteiger partial charge is 0.411 e. The molecule has 0 aliphatic rings. The van der Waals surface area contributed by atoms with E-state index in [0.29, 0.717) is 6.61 Å². The minimum atomic E-state index is -0.432. The predicted molar refractivity (Wildman–Crippen MR) is 71.4 cm³/mol. The summed E-state index contributed by atoms with van der Waals surface area (Å²) >= 11 is 0. The van der Waals surface area contributed by atoms with E-state index in [-0.39, 0.29) is 0 Å². The summed E-state index contributed by atoms with van der Waals surface area (Å²) in [5.41, 5.74) is 2.90. The van der Waals surface area contributed by atoms with Gasteiger partial charge in [-0.1, -0.05) is 30.3 Å². The van der Waals surface area contributed by atoms with Gasteiger partial charge in [0.2, 0.25) is 0 Å². The van der Waals surface area contributed by atoms with Crippen LogP contribution in [0.15, 0.2) is 48.5 Å². The molecule has 3 nitrogen and oxygen atoms in total.